The number of para-hydroxylation sites is 1. The molecular weight excluding hydrogens is 468 g/mol. The Balaban J connectivity index is 1.55. The minimum Gasteiger partial charge on any atom is -0.299 e. The number of nitrogens with zero attached hydrogens (tertiary/aromatic N) is 3. The van der Waals surface area contributed by atoms with Crippen molar-refractivity contribution in [3.8, 4) is 10.6 Å². The Morgan fingerprint density at radius 2 is 1.53 bits per heavy atom. The highest BCUT2D eigenvalue weighted by molar-refractivity contribution is 7.92. The van der Waals surface area contributed by atoms with Gasteiger partial charge in [0, 0.05) is 10.6 Å². The lowest BCUT2D eigenvalue weighted by atomic mass is 10.2. The molecule has 1 heterocycles. The number of sulfonamides is 1. The molecule has 0 unspecified atom stereocenters. The minimum absolute atomic E-state index is 0.0950. The Morgan fingerprint density at radius 1 is 0.906 bits per heavy atom. The van der Waals surface area contributed by atoms with E-state index in [-0.39, 0.29) is 10.0 Å². The number of carbonyl (C=O) groups excluding carboxylic acids is 1. The number of carbonyl (C=O) groups is 1. The van der Waals surface area contributed by atoms with Gasteiger partial charge in [0.1, 0.15) is 11.6 Å². The van der Waals surface area contributed by atoms with Crippen molar-refractivity contribution in [1.82, 2.24) is 10.2 Å². The average Bonchev–Trinajstić information content (AvgIpc) is 3.27. The SMILES string of the molecule is O=C(CN(c1ccccc1)S(=O)(=O)c1ccccc1)Nc1nnc(-c2ccc(Cl)cc2)s1. The van der Waals surface area contributed by atoms with Crippen molar-refractivity contribution in [1.29, 1.82) is 0 Å². The fourth-order valence-electron chi connectivity index (χ4n) is 2.90. The molecule has 4 aromatic rings. The van der Waals surface area contributed by atoms with Crippen LogP contribution in [0, 0.1) is 0 Å². The van der Waals surface area contributed by atoms with Crippen LogP contribution in [0.5, 0.6) is 0 Å². The van der Waals surface area contributed by atoms with Crippen LogP contribution in [0.25, 0.3) is 10.6 Å². The molecule has 0 saturated heterocycles. The Bertz CT molecular complexity index is 1310. The van der Waals surface area contributed by atoms with E-state index in [1.165, 1.54) is 23.5 Å². The number of anilines is 2. The molecule has 1 amide bonds. The monoisotopic (exact) mass is 484 g/mol. The molecule has 0 saturated carbocycles. The van der Waals surface area contributed by atoms with Crippen molar-refractivity contribution in [2.24, 2.45) is 0 Å². The number of halogens is 1. The molecule has 0 atom stereocenters. The third-order valence-corrected chi connectivity index (χ3v) is 7.35. The van der Waals surface area contributed by atoms with Gasteiger partial charge in [0.25, 0.3) is 10.0 Å². The highest BCUT2D eigenvalue weighted by Crippen LogP contribution is 2.28. The average molecular weight is 485 g/mol. The van der Waals surface area contributed by atoms with Crippen molar-refractivity contribution < 1.29 is 13.2 Å². The number of amides is 1. The van der Waals surface area contributed by atoms with E-state index in [1.54, 1.807) is 72.8 Å². The van der Waals surface area contributed by atoms with Crippen LogP contribution in [0.2, 0.25) is 5.02 Å². The summed E-state index contributed by atoms with van der Waals surface area (Å²) >= 11 is 7.09. The van der Waals surface area contributed by atoms with Crippen molar-refractivity contribution in [3.63, 3.8) is 0 Å². The number of hydrogen-bond donors (Lipinski definition) is 1. The van der Waals surface area contributed by atoms with Gasteiger partial charge in [-0.1, -0.05) is 71.5 Å². The molecule has 0 bridgehead atoms. The molecule has 0 aliphatic heterocycles. The third kappa shape index (κ3) is 4.96. The van der Waals surface area contributed by atoms with Crippen LogP contribution in [0.3, 0.4) is 0 Å². The second kappa shape index (κ2) is 9.47. The summed E-state index contributed by atoms with van der Waals surface area (Å²) in [6.07, 6.45) is 0. The Hall–Kier alpha value is -3.27. The minimum atomic E-state index is -3.96. The molecule has 4 rings (SSSR count). The molecule has 0 spiro atoms. The predicted molar refractivity (Wildman–Crippen MR) is 126 cm³/mol. The summed E-state index contributed by atoms with van der Waals surface area (Å²) in [5.74, 6) is -0.535. The molecule has 0 aliphatic rings. The van der Waals surface area contributed by atoms with Gasteiger partial charge in [-0.05, 0) is 36.4 Å². The smallest absolute Gasteiger partial charge is 0.264 e. The second-order valence-corrected chi connectivity index (χ2v) is 9.90. The first-order chi connectivity index (χ1) is 15.4. The molecule has 0 fully saturated rings. The standard InChI is InChI=1S/C22H17ClN4O3S2/c23-17-13-11-16(12-14-17)21-25-26-22(31-21)24-20(28)15-27(18-7-3-1-4-8-18)32(29,30)19-9-5-2-6-10-19/h1-14H,15H2,(H,24,26,28). The van der Waals surface area contributed by atoms with Crippen molar-refractivity contribution >= 4 is 49.7 Å². The summed E-state index contributed by atoms with van der Waals surface area (Å²) in [4.78, 5) is 12.9. The second-order valence-electron chi connectivity index (χ2n) is 6.63. The van der Waals surface area contributed by atoms with E-state index in [2.05, 4.69) is 15.5 Å². The lowest BCUT2D eigenvalue weighted by Gasteiger charge is -2.23. The first-order valence-corrected chi connectivity index (χ1v) is 12.1. The largest absolute Gasteiger partial charge is 0.299 e. The predicted octanol–water partition coefficient (Wildman–Crippen LogP) is 4.69. The first kappa shape index (κ1) is 21.9. The van der Waals surface area contributed by atoms with E-state index in [0.717, 1.165) is 9.87 Å². The third-order valence-electron chi connectivity index (χ3n) is 4.43. The number of benzene rings is 3. The Labute approximate surface area is 194 Å². The lowest BCUT2D eigenvalue weighted by Crippen LogP contribution is -2.38. The van der Waals surface area contributed by atoms with E-state index in [9.17, 15) is 13.2 Å². The molecular formula is C22H17ClN4O3S2. The highest BCUT2D eigenvalue weighted by Gasteiger charge is 2.27. The van der Waals surface area contributed by atoms with Crippen LogP contribution < -0.4 is 9.62 Å². The van der Waals surface area contributed by atoms with Gasteiger partial charge in [-0.3, -0.25) is 14.4 Å². The molecule has 32 heavy (non-hydrogen) atoms. The summed E-state index contributed by atoms with van der Waals surface area (Å²) in [6.45, 7) is -0.420. The summed E-state index contributed by atoms with van der Waals surface area (Å²) < 4.78 is 27.6. The fraction of sp³-hybridized carbons (Fsp3) is 0.0455. The summed E-state index contributed by atoms with van der Waals surface area (Å²) in [5.41, 5.74) is 1.19. The molecule has 1 aromatic heterocycles. The van der Waals surface area contributed by atoms with E-state index < -0.39 is 22.5 Å². The molecule has 10 heteroatoms. The Morgan fingerprint density at radius 3 is 2.19 bits per heavy atom. The van der Waals surface area contributed by atoms with Crippen LogP contribution >= 0.6 is 22.9 Å². The number of nitrogens with one attached hydrogen (secondary N) is 1. The van der Waals surface area contributed by atoms with E-state index in [1.807, 2.05) is 0 Å². The van der Waals surface area contributed by atoms with Gasteiger partial charge >= 0.3 is 0 Å². The maximum Gasteiger partial charge on any atom is 0.264 e. The normalized spacial score (nSPS) is 11.2. The molecule has 7 nitrogen and oxygen atoms in total. The zero-order valence-corrected chi connectivity index (χ0v) is 18.9. The van der Waals surface area contributed by atoms with Gasteiger partial charge in [0.05, 0.1) is 10.6 Å². The van der Waals surface area contributed by atoms with E-state index in [4.69, 9.17) is 11.6 Å². The first-order valence-electron chi connectivity index (χ1n) is 9.45. The van der Waals surface area contributed by atoms with Gasteiger partial charge in [-0.25, -0.2) is 8.42 Å². The van der Waals surface area contributed by atoms with E-state index >= 15 is 0 Å². The van der Waals surface area contributed by atoms with Crippen molar-refractivity contribution in [2.45, 2.75) is 4.90 Å². The van der Waals surface area contributed by atoms with Crippen LogP contribution in [0.1, 0.15) is 0 Å². The summed E-state index contributed by atoms with van der Waals surface area (Å²) in [7, 11) is -3.96. The van der Waals surface area contributed by atoms with Crippen LogP contribution in [-0.2, 0) is 14.8 Å². The van der Waals surface area contributed by atoms with Crippen molar-refractivity contribution in [2.75, 3.05) is 16.2 Å². The van der Waals surface area contributed by atoms with Gasteiger partial charge in [0.2, 0.25) is 11.0 Å². The van der Waals surface area contributed by atoms with Gasteiger partial charge < -0.3 is 0 Å². The highest BCUT2D eigenvalue weighted by atomic mass is 35.5. The fourth-order valence-corrected chi connectivity index (χ4v) is 5.23. The maximum absolute atomic E-state index is 13.2. The van der Waals surface area contributed by atoms with Crippen molar-refractivity contribution in [3.05, 3.63) is 90.0 Å². The number of aromatic nitrogens is 2. The quantitative estimate of drug-likeness (QED) is 0.410. The van der Waals surface area contributed by atoms with Gasteiger partial charge in [-0.15, -0.1) is 10.2 Å². The lowest BCUT2D eigenvalue weighted by molar-refractivity contribution is -0.114. The molecule has 1 N–H and O–H groups in total. The molecule has 162 valence electrons. The zero-order chi connectivity index (χ0) is 22.6. The Kier molecular flexibility index (Phi) is 6.50. The maximum atomic E-state index is 13.2. The molecule has 3 aromatic carbocycles. The summed E-state index contributed by atoms with van der Waals surface area (Å²) in [6, 6.07) is 23.5. The number of rotatable bonds is 7. The van der Waals surface area contributed by atoms with Gasteiger partial charge in [0.15, 0.2) is 0 Å². The molecule has 0 radical (unpaired) electrons. The van der Waals surface area contributed by atoms with Crippen LogP contribution in [0.4, 0.5) is 10.8 Å². The summed E-state index contributed by atoms with van der Waals surface area (Å²) in [5, 5.41) is 12.2. The van der Waals surface area contributed by atoms with Gasteiger partial charge in [-0.2, -0.15) is 0 Å². The van der Waals surface area contributed by atoms with Crippen LogP contribution in [-0.4, -0.2) is 31.1 Å². The zero-order valence-electron chi connectivity index (χ0n) is 16.6. The van der Waals surface area contributed by atoms with Crippen LogP contribution in [0.15, 0.2) is 89.8 Å². The number of hydrogen-bond acceptors (Lipinski definition) is 6. The molecule has 0 aliphatic carbocycles. The topological polar surface area (TPSA) is 92.3 Å². The van der Waals surface area contributed by atoms with E-state index in [0.29, 0.717) is 15.7 Å².